The fourth-order valence-corrected chi connectivity index (χ4v) is 7.13. The number of thiazole rings is 1. The van der Waals surface area contributed by atoms with Gasteiger partial charge in [-0.2, -0.15) is 5.10 Å². The zero-order valence-corrected chi connectivity index (χ0v) is 29.8. The van der Waals surface area contributed by atoms with Gasteiger partial charge in [-0.15, -0.1) is 11.8 Å². The number of aryl methyl sites for hydroxylation is 1. The van der Waals surface area contributed by atoms with Gasteiger partial charge in [0.05, 0.1) is 34.1 Å². The highest BCUT2D eigenvalue weighted by Gasteiger charge is 2.33. The van der Waals surface area contributed by atoms with Crippen molar-refractivity contribution in [2.45, 2.75) is 38.6 Å². The second-order valence-corrected chi connectivity index (χ2v) is 14.0. The van der Waals surface area contributed by atoms with E-state index in [1.54, 1.807) is 29.3 Å². The van der Waals surface area contributed by atoms with E-state index in [4.69, 9.17) is 19.6 Å². The van der Waals surface area contributed by atoms with Crippen LogP contribution >= 0.6 is 23.1 Å². The number of fused-ring (bicyclic) bond motifs is 1. The van der Waals surface area contributed by atoms with Crippen molar-refractivity contribution in [2.75, 3.05) is 19.5 Å². The van der Waals surface area contributed by atoms with Gasteiger partial charge in [0.2, 0.25) is 0 Å². The molecular weight excluding hydrogens is 653 g/mol. The molecule has 1 atom stereocenters. The van der Waals surface area contributed by atoms with Crippen LogP contribution in [0.1, 0.15) is 43.5 Å². The van der Waals surface area contributed by atoms with Crippen molar-refractivity contribution in [2.24, 2.45) is 10.9 Å². The highest BCUT2D eigenvalue weighted by atomic mass is 32.2. The van der Waals surface area contributed by atoms with Crippen LogP contribution in [0.5, 0.6) is 5.75 Å². The maximum Gasteiger partial charge on any atom is 0.338 e. The van der Waals surface area contributed by atoms with Crippen molar-refractivity contribution in [3.63, 3.8) is 0 Å². The van der Waals surface area contributed by atoms with Crippen LogP contribution in [0.3, 0.4) is 0 Å². The van der Waals surface area contributed by atoms with Gasteiger partial charge in [-0.05, 0) is 85.7 Å². The third-order valence-electron chi connectivity index (χ3n) is 8.08. The Hall–Kier alpha value is -4.93. The minimum Gasteiger partial charge on any atom is -0.489 e. The molecule has 0 saturated heterocycles. The number of carbonyl (C=O) groups is 1. The number of esters is 1. The zero-order valence-electron chi connectivity index (χ0n) is 28.2. The van der Waals surface area contributed by atoms with Crippen LogP contribution in [-0.2, 0) is 9.53 Å². The van der Waals surface area contributed by atoms with Gasteiger partial charge in [0.1, 0.15) is 18.1 Å². The van der Waals surface area contributed by atoms with Crippen molar-refractivity contribution in [3.8, 4) is 22.7 Å². The topological polar surface area (TPSA) is 87.7 Å². The van der Waals surface area contributed by atoms with Gasteiger partial charge in [-0.1, -0.05) is 68.2 Å². The second-order valence-electron chi connectivity index (χ2n) is 12.1. The van der Waals surface area contributed by atoms with E-state index >= 15 is 0 Å². The number of thioether (sulfide) groups is 1. The van der Waals surface area contributed by atoms with Crippen molar-refractivity contribution in [3.05, 3.63) is 139 Å². The van der Waals surface area contributed by atoms with Crippen molar-refractivity contribution < 1.29 is 14.3 Å². The van der Waals surface area contributed by atoms with Gasteiger partial charge in [-0.25, -0.2) is 14.5 Å². The van der Waals surface area contributed by atoms with Crippen LogP contribution in [0.15, 0.2) is 118 Å². The smallest absolute Gasteiger partial charge is 0.338 e. The minimum atomic E-state index is -0.689. The first-order chi connectivity index (χ1) is 23.7. The van der Waals surface area contributed by atoms with E-state index in [0.717, 1.165) is 38.6 Å². The zero-order chi connectivity index (χ0) is 34.7. The summed E-state index contributed by atoms with van der Waals surface area (Å²) in [7, 11) is 0. The molecule has 0 aliphatic carbocycles. The average Bonchev–Trinajstić information content (AvgIpc) is 3.66. The quantitative estimate of drug-likeness (QED) is 0.0854. The molecule has 3 aromatic carbocycles. The molecule has 49 heavy (non-hydrogen) atoms. The highest BCUT2D eigenvalue weighted by molar-refractivity contribution is 7.98. The summed E-state index contributed by atoms with van der Waals surface area (Å²) in [5.74, 6) is 0.464. The van der Waals surface area contributed by atoms with E-state index in [1.165, 1.54) is 11.3 Å². The molecule has 2 aromatic heterocycles. The average molecular weight is 691 g/mol. The third kappa shape index (κ3) is 7.11. The Morgan fingerprint density at radius 1 is 1.08 bits per heavy atom. The van der Waals surface area contributed by atoms with Gasteiger partial charge < -0.3 is 9.47 Å². The molecule has 0 N–H and O–H groups in total. The number of hydrogen-bond acceptors (Lipinski definition) is 8. The molecule has 1 aliphatic heterocycles. The number of allylic oxidation sites excluding steroid dienone is 1. The lowest BCUT2D eigenvalue weighted by Gasteiger charge is -2.25. The largest absolute Gasteiger partial charge is 0.489 e. The Bertz CT molecular complexity index is 2230. The van der Waals surface area contributed by atoms with Gasteiger partial charge in [-0.3, -0.25) is 9.36 Å². The monoisotopic (exact) mass is 690 g/mol. The molecule has 1 unspecified atom stereocenters. The maximum absolute atomic E-state index is 14.4. The Kier molecular flexibility index (Phi) is 10.2. The van der Waals surface area contributed by atoms with Crippen molar-refractivity contribution in [1.82, 2.24) is 14.3 Å². The lowest BCUT2D eigenvalue weighted by Crippen LogP contribution is -2.40. The molecule has 5 aromatic rings. The number of para-hydroxylation sites is 1. The van der Waals surface area contributed by atoms with E-state index < -0.39 is 12.0 Å². The third-order valence-corrected chi connectivity index (χ3v) is 9.80. The fraction of sp³-hybridized carbons (Fsp3) is 0.231. The number of ether oxygens (including phenoxy) is 2. The minimum absolute atomic E-state index is 0.163. The van der Waals surface area contributed by atoms with Crippen LogP contribution in [-0.4, -0.2) is 39.8 Å². The molecule has 0 saturated carbocycles. The summed E-state index contributed by atoms with van der Waals surface area (Å²) in [6.07, 6.45) is 7.52. The number of benzene rings is 3. The number of carbonyl (C=O) groups excluding carboxylic acids is 1. The van der Waals surface area contributed by atoms with Crippen LogP contribution in [0.2, 0.25) is 0 Å². The maximum atomic E-state index is 14.4. The molecule has 0 bridgehead atoms. The summed E-state index contributed by atoms with van der Waals surface area (Å²) in [5.41, 5.74) is 5.67. The van der Waals surface area contributed by atoms with Crippen LogP contribution in [0, 0.1) is 12.8 Å². The van der Waals surface area contributed by atoms with Crippen LogP contribution in [0.4, 0.5) is 0 Å². The van der Waals surface area contributed by atoms with Gasteiger partial charge in [0.15, 0.2) is 4.80 Å². The summed E-state index contributed by atoms with van der Waals surface area (Å²) in [6.45, 7) is 12.2. The van der Waals surface area contributed by atoms with Crippen molar-refractivity contribution >= 4 is 35.1 Å². The van der Waals surface area contributed by atoms with E-state index in [9.17, 15) is 9.59 Å². The summed E-state index contributed by atoms with van der Waals surface area (Å²) in [4.78, 5) is 34.4. The fourth-order valence-electron chi connectivity index (χ4n) is 5.68. The van der Waals surface area contributed by atoms with Crippen LogP contribution < -0.4 is 19.6 Å². The molecule has 0 spiro atoms. The first-order valence-corrected chi connectivity index (χ1v) is 18.1. The Balaban J connectivity index is 1.52. The summed E-state index contributed by atoms with van der Waals surface area (Å²) in [6, 6.07) is 23.0. The first kappa shape index (κ1) is 34.0. The Labute approximate surface area is 293 Å². The number of aromatic nitrogens is 3. The molecule has 0 fully saturated rings. The molecule has 1 aliphatic rings. The predicted molar refractivity (Wildman–Crippen MR) is 197 cm³/mol. The van der Waals surface area contributed by atoms with Crippen LogP contribution in [0.25, 0.3) is 23.0 Å². The van der Waals surface area contributed by atoms with E-state index in [-0.39, 0.29) is 18.1 Å². The van der Waals surface area contributed by atoms with E-state index in [2.05, 4.69) is 6.58 Å². The second kappa shape index (κ2) is 14.7. The molecule has 8 nitrogen and oxygen atoms in total. The molecule has 10 heteroatoms. The lowest BCUT2D eigenvalue weighted by atomic mass is 9.96. The molecular formula is C39H38N4O4S2. The first-order valence-electron chi connectivity index (χ1n) is 16.0. The van der Waals surface area contributed by atoms with E-state index in [1.807, 2.05) is 117 Å². The molecule has 0 radical (unpaired) electrons. The summed E-state index contributed by atoms with van der Waals surface area (Å²) in [5, 5.41) is 4.98. The molecule has 6 rings (SSSR count). The van der Waals surface area contributed by atoms with Gasteiger partial charge in [0.25, 0.3) is 5.56 Å². The van der Waals surface area contributed by atoms with Crippen molar-refractivity contribution in [1.29, 1.82) is 0 Å². The van der Waals surface area contributed by atoms with Gasteiger partial charge in [0, 0.05) is 22.2 Å². The SMILES string of the molecule is C=CCOc1ccc(-c2nn(-c3ccccc3)cc2C=c2sc3n(c2=O)C(c2ccc(SC)cc2)C(C(=O)OCC(C)C)=C(C)N=3)cc1C. The predicted octanol–water partition coefficient (Wildman–Crippen LogP) is 6.88. The summed E-state index contributed by atoms with van der Waals surface area (Å²) < 4.78 is 15.4. The molecule has 3 heterocycles. The standard InChI is InChI=1S/C39H38N4O4S2/c1-7-19-46-32-18-15-28(20-25(32)4)35-29(22-42(41-35)30-11-9-8-10-12-30)21-33-37(44)43-36(27-13-16-31(48-6)17-14-27)34(26(5)40-39(43)49-33)38(45)47-23-24(2)3/h7-18,20-22,24,36H,1,19,23H2,2-6H3. The van der Waals surface area contributed by atoms with E-state index in [0.29, 0.717) is 32.9 Å². The number of hydrogen-bond donors (Lipinski definition) is 0. The van der Waals surface area contributed by atoms with Gasteiger partial charge >= 0.3 is 5.97 Å². The lowest BCUT2D eigenvalue weighted by molar-refractivity contribution is -0.140. The normalized spacial score (nSPS) is 14.5. The Morgan fingerprint density at radius 3 is 2.51 bits per heavy atom. The number of nitrogens with zero attached hydrogens (tertiary/aromatic N) is 4. The molecule has 250 valence electrons. The number of rotatable bonds is 11. The Morgan fingerprint density at radius 2 is 1.84 bits per heavy atom. The highest BCUT2D eigenvalue weighted by Crippen LogP contribution is 2.33. The summed E-state index contributed by atoms with van der Waals surface area (Å²) >= 11 is 2.92. The molecule has 0 amide bonds.